The first-order valence-electron chi connectivity index (χ1n) is 9.75. The van der Waals surface area contributed by atoms with Crippen LogP contribution in [-0.4, -0.2) is 43.0 Å². The van der Waals surface area contributed by atoms with Crippen LogP contribution in [0.4, 0.5) is 14.6 Å². The summed E-state index contributed by atoms with van der Waals surface area (Å²) in [6.45, 7) is 0.177. The summed E-state index contributed by atoms with van der Waals surface area (Å²) in [5.41, 5.74) is 3.25. The second-order valence-corrected chi connectivity index (χ2v) is 7.14. The highest BCUT2D eigenvalue weighted by Crippen LogP contribution is 2.21. The van der Waals surface area contributed by atoms with Gasteiger partial charge in [-0.15, -0.1) is 0 Å². The summed E-state index contributed by atoms with van der Waals surface area (Å²) < 4.78 is 31.0. The zero-order chi connectivity index (χ0) is 22.5. The molecule has 3 heterocycles. The number of nitrogens with zero attached hydrogens (tertiary/aromatic N) is 5. The Bertz CT molecular complexity index is 1250. The highest BCUT2D eigenvalue weighted by molar-refractivity contribution is 7.80. The minimum absolute atomic E-state index is 0.106. The highest BCUT2D eigenvalue weighted by Gasteiger charge is 2.09. The molecular weight excluding hydrogens is 436 g/mol. The van der Waals surface area contributed by atoms with Crippen molar-refractivity contribution in [1.29, 1.82) is 0 Å². The molecule has 0 aliphatic heterocycles. The van der Waals surface area contributed by atoms with Crippen molar-refractivity contribution >= 4 is 34.3 Å². The van der Waals surface area contributed by atoms with Crippen LogP contribution in [0.2, 0.25) is 0 Å². The Hall–Kier alpha value is -3.73. The molecule has 0 unspecified atom stereocenters. The fourth-order valence-corrected chi connectivity index (χ4v) is 3.27. The fourth-order valence-electron chi connectivity index (χ4n) is 3.02. The van der Waals surface area contributed by atoms with Gasteiger partial charge in [-0.05, 0) is 49.0 Å². The third-order valence-corrected chi connectivity index (χ3v) is 4.63. The number of hydrogen-bond donors (Lipinski definition) is 2. The Labute approximate surface area is 187 Å². The first kappa shape index (κ1) is 21.5. The maximum atomic E-state index is 12.4. The predicted molar refractivity (Wildman–Crippen MR) is 121 cm³/mol. The lowest BCUT2D eigenvalue weighted by molar-refractivity contribution is -0.0498. The molecule has 4 rings (SSSR count). The van der Waals surface area contributed by atoms with Gasteiger partial charge in [0, 0.05) is 18.3 Å². The van der Waals surface area contributed by atoms with Crippen molar-refractivity contribution in [2.24, 2.45) is 0 Å². The molecule has 1 aromatic carbocycles. The minimum Gasteiger partial charge on any atom is -0.435 e. The van der Waals surface area contributed by atoms with Gasteiger partial charge >= 0.3 is 6.61 Å². The van der Waals surface area contributed by atoms with Gasteiger partial charge in [-0.1, -0.05) is 12.1 Å². The number of alkyl halides is 2. The fraction of sp³-hybridized carbons (Fsp3) is 0.190. The van der Waals surface area contributed by atoms with Crippen LogP contribution in [0.15, 0.2) is 55.0 Å². The molecule has 0 amide bonds. The molecule has 0 saturated carbocycles. The number of nitrogens with one attached hydrogen (secondary N) is 2. The van der Waals surface area contributed by atoms with E-state index in [2.05, 4.69) is 35.4 Å². The molecule has 4 aromatic rings. The van der Waals surface area contributed by atoms with Crippen molar-refractivity contribution in [2.75, 3.05) is 11.9 Å². The van der Waals surface area contributed by atoms with Crippen LogP contribution in [0.5, 0.6) is 5.75 Å². The van der Waals surface area contributed by atoms with Gasteiger partial charge in [0.15, 0.2) is 10.8 Å². The molecule has 0 bridgehead atoms. The monoisotopic (exact) mass is 455 g/mol. The quantitative estimate of drug-likeness (QED) is 0.406. The standard InChI is InChI=1S/C21H19F2N7OS/c1-2-24-21(32)29-18-7-6-16-19(28-18)27-17(10-25-16)14-9-26-30(12-14)11-13-4-3-5-15(8-13)31-20(22)23/h3-10,12,20H,2,11H2,1H3,(H2,24,27,28,29,32). The molecule has 32 heavy (non-hydrogen) atoms. The van der Waals surface area contributed by atoms with E-state index in [0.29, 0.717) is 40.9 Å². The van der Waals surface area contributed by atoms with Crippen molar-refractivity contribution in [3.05, 3.63) is 60.6 Å². The lowest BCUT2D eigenvalue weighted by Gasteiger charge is -2.08. The van der Waals surface area contributed by atoms with Gasteiger partial charge in [0.1, 0.15) is 17.1 Å². The second-order valence-electron chi connectivity index (χ2n) is 6.73. The average molecular weight is 455 g/mol. The molecular formula is C21H19F2N7OS. The zero-order valence-corrected chi connectivity index (χ0v) is 17.8. The first-order valence-corrected chi connectivity index (χ1v) is 10.2. The molecule has 0 aliphatic rings. The van der Waals surface area contributed by atoms with E-state index in [-0.39, 0.29) is 5.75 Å². The smallest absolute Gasteiger partial charge is 0.387 e. The number of anilines is 1. The van der Waals surface area contributed by atoms with Crippen molar-refractivity contribution < 1.29 is 13.5 Å². The largest absolute Gasteiger partial charge is 0.435 e. The minimum atomic E-state index is -2.86. The van der Waals surface area contributed by atoms with Crippen molar-refractivity contribution in [3.8, 4) is 17.0 Å². The van der Waals surface area contributed by atoms with Gasteiger partial charge in [0.25, 0.3) is 0 Å². The SMILES string of the molecule is CCNC(=S)Nc1ccc2ncc(-c3cnn(Cc4cccc(OC(F)F)c4)c3)nc2n1. The van der Waals surface area contributed by atoms with E-state index >= 15 is 0 Å². The molecule has 11 heteroatoms. The number of fused-ring (bicyclic) bond motifs is 1. The van der Waals surface area contributed by atoms with Crippen LogP contribution in [0.3, 0.4) is 0 Å². The number of rotatable bonds is 7. The highest BCUT2D eigenvalue weighted by atomic mass is 32.1. The molecule has 3 aromatic heterocycles. The summed E-state index contributed by atoms with van der Waals surface area (Å²) >= 11 is 5.19. The number of thiocarbonyl (C=S) groups is 1. The van der Waals surface area contributed by atoms with Crippen LogP contribution >= 0.6 is 12.2 Å². The first-order chi connectivity index (χ1) is 15.5. The van der Waals surface area contributed by atoms with Gasteiger partial charge < -0.3 is 15.4 Å². The maximum Gasteiger partial charge on any atom is 0.387 e. The predicted octanol–water partition coefficient (Wildman–Crippen LogP) is 3.84. The zero-order valence-electron chi connectivity index (χ0n) is 17.0. The van der Waals surface area contributed by atoms with Crippen LogP contribution in [0.25, 0.3) is 22.4 Å². The summed E-state index contributed by atoms with van der Waals surface area (Å²) in [7, 11) is 0. The number of aromatic nitrogens is 5. The number of hydrogen-bond acceptors (Lipinski definition) is 6. The number of ether oxygens (including phenoxy) is 1. The van der Waals surface area contributed by atoms with Gasteiger partial charge in [-0.2, -0.15) is 13.9 Å². The Morgan fingerprint density at radius 3 is 2.88 bits per heavy atom. The van der Waals surface area contributed by atoms with Gasteiger partial charge in [-0.3, -0.25) is 9.67 Å². The molecule has 0 saturated heterocycles. The van der Waals surface area contributed by atoms with E-state index in [4.69, 9.17) is 12.2 Å². The van der Waals surface area contributed by atoms with Crippen molar-refractivity contribution in [2.45, 2.75) is 20.1 Å². The number of pyridine rings is 1. The van der Waals surface area contributed by atoms with Crippen molar-refractivity contribution in [1.82, 2.24) is 30.0 Å². The average Bonchev–Trinajstić information content (AvgIpc) is 3.21. The summed E-state index contributed by atoms with van der Waals surface area (Å²) in [6, 6.07) is 10.1. The molecule has 0 spiro atoms. The molecule has 0 fully saturated rings. The topological polar surface area (TPSA) is 89.8 Å². The molecule has 164 valence electrons. The summed E-state index contributed by atoms with van der Waals surface area (Å²) in [4.78, 5) is 13.5. The van der Waals surface area contributed by atoms with Gasteiger partial charge in [-0.25, -0.2) is 9.97 Å². The second kappa shape index (κ2) is 9.60. The Morgan fingerprint density at radius 1 is 1.19 bits per heavy atom. The normalized spacial score (nSPS) is 11.0. The van der Waals surface area contributed by atoms with E-state index in [1.165, 1.54) is 6.07 Å². The van der Waals surface area contributed by atoms with E-state index in [0.717, 1.165) is 11.1 Å². The lowest BCUT2D eigenvalue weighted by Crippen LogP contribution is -2.28. The van der Waals surface area contributed by atoms with E-state index in [9.17, 15) is 8.78 Å². The summed E-state index contributed by atoms with van der Waals surface area (Å²) in [5.74, 6) is 0.672. The number of benzene rings is 1. The van der Waals surface area contributed by atoms with Crippen LogP contribution < -0.4 is 15.4 Å². The van der Waals surface area contributed by atoms with Crippen LogP contribution in [0.1, 0.15) is 12.5 Å². The summed E-state index contributed by atoms with van der Waals surface area (Å²) in [6.07, 6.45) is 5.12. The lowest BCUT2D eigenvalue weighted by atomic mass is 10.2. The van der Waals surface area contributed by atoms with Gasteiger partial charge in [0.05, 0.1) is 24.6 Å². The molecule has 2 N–H and O–H groups in total. The summed E-state index contributed by atoms with van der Waals surface area (Å²) in [5, 5.41) is 10.8. The molecule has 0 radical (unpaired) electrons. The van der Waals surface area contributed by atoms with E-state index in [1.807, 2.05) is 19.1 Å². The molecule has 0 aliphatic carbocycles. The third-order valence-electron chi connectivity index (χ3n) is 4.38. The third kappa shape index (κ3) is 5.30. The molecule has 0 atom stereocenters. The van der Waals surface area contributed by atoms with Crippen LogP contribution in [-0.2, 0) is 6.54 Å². The Morgan fingerprint density at radius 2 is 2.06 bits per heavy atom. The number of halogens is 2. The Balaban J connectivity index is 1.53. The maximum absolute atomic E-state index is 12.4. The van der Waals surface area contributed by atoms with E-state index < -0.39 is 6.61 Å². The van der Waals surface area contributed by atoms with E-state index in [1.54, 1.807) is 41.5 Å². The Kier molecular flexibility index (Phi) is 6.45. The van der Waals surface area contributed by atoms with Crippen molar-refractivity contribution in [3.63, 3.8) is 0 Å². The van der Waals surface area contributed by atoms with Crippen LogP contribution in [0, 0.1) is 0 Å². The van der Waals surface area contributed by atoms with Gasteiger partial charge in [0.2, 0.25) is 0 Å². The molecule has 8 nitrogen and oxygen atoms in total.